The van der Waals surface area contributed by atoms with E-state index in [2.05, 4.69) is 201 Å². The van der Waals surface area contributed by atoms with E-state index in [-0.39, 0.29) is 5.41 Å². The van der Waals surface area contributed by atoms with Gasteiger partial charge in [0.2, 0.25) is 0 Å². The lowest BCUT2D eigenvalue weighted by atomic mass is 9.82. The monoisotopic (exact) mass is 759 g/mol. The average Bonchev–Trinajstić information content (AvgIpc) is 3.91. The van der Waals surface area contributed by atoms with Crippen molar-refractivity contribution in [3.63, 3.8) is 0 Å². The van der Waals surface area contributed by atoms with Gasteiger partial charge in [-0.15, -0.1) is 11.3 Å². The Balaban J connectivity index is 1.14. The number of fused-ring (bicyclic) bond motifs is 10. The number of nitrogens with zero attached hydrogens (tertiary/aromatic N) is 1. The van der Waals surface area contributed by atoms with Gasteiger partial charge in [0.05, 0.1) is 5.69 Å². The van der Waals surface area contributed by atoms with Gasteiger partial charge >= 0.3 is 0 Å². The summed E-state index contributed by atoms with van der Waals surface area (Å²) in [5.74, 6) is 0. The molecule has 12 rings (SSSR count). The van der Waals surface area contributed by atoms with Crippen molar-refractivity contribution in [3.8, 4) is 33.4 Å². The molecule has 3 heteroatoms. The summed E-state index contributed by atoms with van der Waals surface area (Å²) in [4.78, 5) is 2.45. The van der Waals surface area contributed by atoms with Crippen LogP contribution in [0.2, 0.25) is 0 Å². The molecule has 2 heterocycles. The fraction of sp³-hybridized carbons (Fsp3) is 0.0545. The second-order valence-electron chi connectivity index (χ2n) is 16.1. The molecule has 11 aromatic rings. The van der Waals surface area contributed by atoms with Crippen molar-refractivity contribution in [2.24, 2.45) is 0 Å². The highest BCUT2D eigenvalue weighted by molar-refractivity contribution is 7.26. The van der Waals surface area contributed by atoms with E-state index in [0.29, 0.717) is 0 Å². The molecule has 0 atom stereocenters. The van der Waals surface area contributed by atoms with Crippen molar-refractivity contribution in [1.82, 2.24) is 0 Å². The zero-order chi connectivity index (χ0) is 38.5. The van der Waals surface area contributed by atoms with Crippen molar-refractivity contribution in [2.75, 3.05) is 4.90 Å². The summed E-state index contributed by atoms with van der Waals surface area (Å²) in [6.45, 7) is 4.72. The summed E-state index contributed by atoms with van der Waals surface area (Å²) in [6.07, 6.45) is 0. The molecule has 0 aliphatic heterocycles. The van der Waals surface area contributed by atoms with Crippen molar-refractivity contribution in [3.05, 3.63) is 199 Å². The smallest absolute Gasteiger partial charge is 0.137 e. The lowest BCUT2D eigenvalue weighted by Gasteiger charge is -2.30. The largest absolute Gasteiger partial charge is 0.456 e. The van der Waals surface area contributed by atoms with Crippen LogP contribution >= 0.6 is 11.3 Å². The van der Waals surface area contributed by atoms with Gasteiger partial charge < -0.3 is 9.32 Å². The zero-order valence-corrected chi connectivity index (χ0v) is 33.0. The predicted octanol–water partition coefficient (Wildman–Crippen LogP) is 16.2. The van der Waals surface area contributed by atoms with Gasteiger partial charge in [-0.1, -0.05) is 141 Å². The van der Waals surface area contributed by atoms with E-state index in [9.17, 15) is 0 Å². The van der Waals surface area contributed by atoms with Gasteiger partial charge in [0, 0.05) is 59.4 Å². The van der Waals surface area contributed by atoms with Crippen molar-refractivity contribution in [1.29, 1.82) is 0 Å². The minimum absolute atomic E-state index is 0.149. The van der Waals surface area contributed by atoms with Gasteiger partial charge in [0.25, 0.3) is 0 Å². The van der Waals surface area contributed by atoms with Gasteiger partial charge in [-0.2, -0.15) is 0 Å². The fourth-order valence-corrected chi connectivity index (χ4v) is 10.8. The summed E-state index contributed by atoms with van der Waals surface area (Å²) < 4.78 is 9.13. The number of para-hydroxylation sites is 2. The van der Waals surface area contributed by atoms with Crippen LogP contribution < -0.4 is 4.90 Å². The molecule has 58 heavy (non-hydrogen) atoms. The molecular formula is C55H37NOS. The molecule has 0 radical (unpaired) electrons. The maximum atomic E-state index is 6.55. The topological polar surface area (TPSA) is 16.4 Å². The lowest BCUT2D eigenvalue weighted by Crippen LogP contribution is -2.17. The average molecular weight is 760 g/mol. The summed E-state index contributed by atoms with van der Waals surface area (Å²) in [7, 11) is 0. The first-order valence-electron chi connectivity index (χ1n) is 20.0. The molecule has 2 nitrogen and oxygen atoms in total. The molecule has 0 bridgehead atoms. The second-order valence-corrected chi connectivity index (χ2v) is 17.1. The van der Waals surface area contributed by atoms with E-state index in [0.717, 1.165) is 44.6 Å². The number of furan rings is 1. The molecular weight excluding hydrogens is 723 g/mol. The first-order chi connectivity index (χ1) is 28.5. The number of anilines is 3. The number of rotatable bonds is 5. The number of hydrogen-bond acceptors (Lipinski definition) is 3. The van der Waals surface area contributed by atoms with Crippen LogP contribution in [0.3, 0.4) is 0 Å². The quantitative estimate of drug-likeness (QED) is 0.174. The van der Waals surface area contributed by atoms with Crippen LogP contribution in [-0.2, 0) is 5.41 Å². The van der Waals surface area contributed by atoms with Crippen LogP contribution in [0.1, 0.15) is 25.0 Å². The minimum Gasteiger partial charge on any atom is -0.456 e. The van der Waals surface area contributed by atoms with Crippen LogP contribution in [0.5, 0.6) is 0 Å². The number of hydrogen-bond donors (Lipinski definition) is 0. The van der Waals surface area contributed by atoms with Crippen LogP contribution in [0, 0.1) is 0 Å². The summed E-state index contributed by atoms with van der Waals surface area (Å²) in [5.41, 5.74) is 15.0. The van der Waals surface area contributed by atoms with E-state index in [4.69, 9.17) is 4.42 Å². The Hall–Kier alpha value is -6.94. The van der Waals surface area contributed by atoms with Crippen molar-refractivity contribution in [2.45, 2.75) is 19.3 Å². The van der Waals surface area contributed by atoms with Gasteiger partial charge in [0.15, 0.2) is 0 Å². The normalized spacial score (nSPS) is 13.1. The molecule has 0 saturated heterocycles. The molecule has 9 aromatic carbocycles. The van der Waals surface area contributed by atoms with Gasteiger partial charge in [-0.3, -0.25) is 0 Å². The lowest BCUT2D eigenvalue weighted by molar-refractivity contribution is 0.660. The first kappa shape index (κ1) is 33.2. The highest BCUT2D eigenvalue weighted by atomic mass is 32.1. The predicted molar refractivity (Wildman–Crippen MR) is 247 cm³/mol. The van der Waals surface area contributed by atoms with Crippen LogP contribution in [0.4, 0.5) is 17.1 Å². The number of thiophene rings is 1. The van der Waals surface area contributed by atoms with Crippen molar-refractivity contribution < 1.29 is 4.42 Å². The maximum absolute atomic E-state index is 6.55. The first-order valence-corrected chi connectivity index (χ1v) is 20.8. The van der Waals surface area contributed by atoms with Gasteiger partial charge in [0.1, 0.15) is 11.2 Å². The summed E-state index contributed by atoms with van der Waals surface area (Å²) >= 11 is 1.87. The molecule has 0 spiro atoms. The van der Waals surface area contributed by atoms with E-state index in [1.54, 1.807) is 0 Å². The molecule has 0 fully saturated rings. The SMILES string of the molecule is CC1(C)c2ccccc2-c2ccc(N(c3ccc4c(c3)oc3ccccc34)c3ccccc3-c3ccc4sc5ccccc5c4c3-c3ccc4ccccc4c3)cc21. The number of benzene rings is 9. The third kappa shape index (κ3) is 4.90. The molecule has 2 aromatic heterocycles. The Kier molecular flexibility index (Phi) is 7.18. The van der Waals surface area contributed by atoms with E-state index < -0.39 is 0 Å². The Labute approximate surface area is 340 Å². The van der Waals surface area contributed by atoms with E-state index >= 15 is 0 Å². The second kappa shape index (κ2) is 12.5. The molecule has 0 saturated carbocycles. The van der Waals surface area contributed by atoms with Gasteiger partial charge in [-0.05, 0) is 104 Å². The van der Waals surface area contributed by atoms with Crippen LogP contribution in [-0.4, -0.2) is 0 Å². The fourth-order valence-electron chi connectivity index (χ4n) is 9.69. The highest BCUT2D eigenvalue weighted by Gasteiger charge is 2.36. The molecule has 274 valence electrons. The zero-order valence-electron chi connectivity index (χ0n) is 32.2. The standard InChI is InChI=1S/C55H37NOS/c1-55(2)46-19-9-5-15-39(46)40-27-25-37(32-47(40)55)56(38-26-28-43-42-17-7-11-21-49(42)57-50(43)33-38)48-20-10-6-16-41(48)44-29-30-52-54(45-18-8-12-22-51(45)58-52)53(44)36-24-23-34-13-3-4-14-35(34)31-36/h3-33H,1-2H3. The highest BCUT2D eigenvalue weighted by Crippen LogP contribution is 2.53. The van der Waals surface area contributed by atoms with E-state index in [1.807, 2.05) is 17.4 Å². The van der Waals surface area contributed by atoms with Crippen molar-refractivity contribution >= 4 is 81.3 Å². The summed E-state index contributed by atoms with van der Waals surface area (Å²) in [6, 6.07) is 69.1. The molecule has 0 amide bonds. The Morgan fingerprint density at radius 1 is 0.448 bits per heavy atom. The Bertz CT molecular complexity index is 3460. The Morgan fingerprint density at radius 3 is 2.03 bits per heavy atom. The minimum atomic E-state index is -0.149. The van der Waals surface area contributed by atoms with Crippen LogP contribution in [0.15, 0.2) is 192 Å². The maximum Gasteiger partial charge on any atom is 0.137 e. The molecule has 1 aliphatic carbocycles. The molecule has 0 N–H and O–H groups in total. The van der Waals surface area contributed by atoms with E-state index in [1.165, 1.54) is 69.9 Å². The van der Waals surface area contributed by atoms with Gasteiger partial charge in [-0.25, -0.2) is 0 Å². The van der Waals surface area contributed by atoms with Crippen LogP contribution in [0.25, 0.3) is 86.3 Å². The molecule has 1 aliphatic rings. The third-order valence-corrected chi connectivity index (χ3v) is 13.6. The Morgan fingerprint density at radius 2 is 1.12 bits per heavy atom. The summed E-state index contributed by atoms with van der Waals surface area (Å²) in [5, 5.41) is 7.31. The molecule has 0 unspecified atom stereocenters. The third-order valence-electron chi connectivity index (χ3n) is 12.5.